The van der Waals surface area contributed by atoms with Gasteiger partial charge in [-0.1, -0.05) is 13.8 Å². The van der Waals surface area contributed by atoms with Gasteiger partial charge in [-0.05, 0) is 44.1 Å². The Morgan fingerprint density at radius 1 is 1.18 bits per heavy atom. The first kappa shape index (κ1) is 19.4. The smallest absolute Gasteiger partial charge is 0.227 e. The molecule has 1 aromatic heterocycles. The Hall–Kier alpha value is -1.89. The lowest BCUT2D eigenvalue weighted by Gasteiger charge is -2.37. The minimum absolute atomic E-state index is 0.223. The van der Waals surface area contributed by atoms with Crippen molar-refractivity contribution in [2.24, 2.45) is 5.92 Å². The van der Waals surface area contributed by atoms with Gasteiger partial charge in [0.15, 0.2) is 0 Å². The minimum atomic E-state index is 0.223. The van der Waals surface area contributed by atoms with Gasteiger partial charge in [0.1, 0.15) is 5.82 Å². The Kier molecular flexibility index (Phi) is 5.99. The zero-order chi connectivity index (χ0) is 19.5. The van der Waals surface area contributed by atoms with Gasteiger partial charge in [0.25, 0.3) is 0 Å². The van der Waals surface area contributed by atoms with Crippen molar-refractivity contribution in [2.75, 3.05) is 36.5 Å². The molecule has 3 fully saturated rings. The Morgan fingerprint density at radius 3 is 2.71 bits per heavy atom. The number of carbonyl (C=O) groups excluding carboxylic acids is 1. The van der Waals surface area contributed by atoms with Crippen molar-refractivity contribution in [3.05, 3.63) is 12.3 Å². The molecule has 0 spiro atoms. The highest BCUT2D eigenvalue weighted by atomic mass is 16.5. The molecule has 1 amide bonds. The molecule has 4 rings (SSSR count). The number of hydrogen-bond acceptors (Lipinski definition) is 6. The zero-order valence-electron chi connectivity index (χ0n) is 17.1. The third-order valence-electron chi connectivity index (χ3n) is 6.30. The van der Waals surface area contributed by atoms with Crippen LogP contribution in [0, 0.1) is 5.92 Å². The number of nitrogens with one attached hydrogen (secondary N) is 1. The number of ether oxygens (including phenoxy) is 1. The van der Waals surface area contributed by atoms with Crippen LogP contribution in [-0.4, -0.2) is 65.2 Å². The summed E-state index contributed by atoms with van der Waals surface area (Å²) >= 11 is 0. The second-order valence-corrected chi connectivity index (χ2v) is 8.62. The van der Waals surface area contributed by atoms with E-state index in [1.807, 2.05) is 12.3 Å². The van der Waals surface area contributed by atoms with E-state index in [-0.39, 0.29) is 6.10 Å². The molecule has 3 aliphatic rings. The van der Waals surface area contributed by atoms with Gasteiger partial charge in [-0.25, -0.2) is 4.98 Å². The number of carbonyl (C=O) groups is 1. The van der Waals surface area contributed by atoms with Crippen molar-refractivity contribution >= 4 is 17.7 Å². The summed E-state index contributed by atoms with van der Waals surface area (Å²) in [6.07, 6.45) is 7.99. The topological polar surface area (TPSA) is 70.6 Å². The lowest BCUT2D eigenvalue weighted by molar-refractivity contribution is -0.130. The standard InChI is InChI=1S/C21H33N5O2/c1-15(2)20-17(5-4-14-28-20)23-18-7-10-22-21(24-18)25-12-8-16(9-13-25)26-11-3-6-19(26)27/h7,10,15-17,20H,3-6,8-9,11-14H2,1-2H3,(H,22,23,24)/t17-,20+/m1/s1. The highest BCUT2D eigenvalue weighted by Crippen LogP contribution is 2.26. The molecule has 0 unspecified atom stereocenters. The third kappa shape index (κ3) is 4.24. The van der Waals surface area contributed by atoms with Crippen LogP contribution in [0.2, 0.25) is 0 Å². The van der Waals surface area contributed by atoms with E-state index in [0.29, 0.717) is 23.9 Å². The summed E-state index contributed by atoms with van der Waals surface area (Å²) in [5.74, 6) is 2.47. The summed E-state index contributed by atoms with van der Waals surface area (Å²) in [7, 11) is 0. The van der Waals surface area contributed by atoms with Crippen LogP contribution < -0.4 is 10.2 Å². The molecule has 0 saturated carbocycles. The Balaban J connectivity index is 1.37. The first-order chi connectivity index (χ1) is 13.6. The van der Waals surface area contributed by atoms with Gasteiger partial charge in [0.2, 0.25) is 11.9 Å². The second-order valence-electron chi connectivity index (χ2n) is 8.62. The quantitative estimate of drug-likeness (QED) is 0.838. The van der Waals surface area contributed by atoms with E-state index in [0.717, 1.165) is 76.5 Å². The molecule has 154 valence electrons. The fourth-order valence-corrected chi connectivity index (χ4v) is 4.82. The average molecular weight is 388 g/mol. The van der Waals surface area contributed by atoms with Crippen molar-refractivity contribution < 1.29 is 9.53 Å². The molecule has 0 aliphatic carbocycles. The summed E-state index contributed by atoms with van der Waals surface area (Å²) in [5, 5.41) is 3.60. The second kappa shape index (κ2) is 8.64. The van der Waals surface area contributed by atoms with E-state index in [1.165, 1.54) is 0 Å². The minimum Gasteiger partial charge on any atom is -0.376 e. The first-order valence-corrected chi connectivity index (χ1v) is 10.9. The van der Waals surface area contributed by atoms with Gasteiger partial charge < -0.3 is 19.9 Å². The summed E-state index contributed by atoms with van der Waals surface area (Å²) in [6.45, 7) is 8.01. The van der Waals surface area contributed by atoms with Gasteiger partial charge in [-0.3, -0.25) is 4.79 Å². The first-order valence-electron chi connectivity index (χ1n) is 10.9. The van der Waals surface area contributed by atoms with Gasteiger partial charge in [0.05, 0.1) is 12.1 Å². The largest absolute Gasteiger partial charge is 0.376 e. The van der Waals surface area contributed by atoms with Crippen LogP contribution in [0.25, 0.3) is 0 Å². The summed E-state index contributed by atoms with van der Waals surface area (Å²) in [6, 6.07) is 2.63. The van der Waals surface area contributed by atoms with Crippen LogP contribution in [0.15, 0.2) is 12.3 Å². The predicted molar refractivity (Wildman–Crippen MR) is 109 cm³/mol. The molecule has 1 N–H and O–H groups in total. The van der Waals surface area contributed by atoms with Crippen LogP contribution >= 0.6 is 0 Å². The van der Waals surface area contributed by atoms with Crippen molar-refractivity contribution in [1.82, 2.24) is 14.9 Å². The molecule has 0 bridgehead atoms. The Labute approximate surface area is 167 Å². The molecular formula is C21H33N5O2. The number of nitrogens with zero attached hydrogens (tertiary/aromatic N) is 4. The fourth-order valence-electron chi connectivity index (χ4n) is 4.82. The van der Waals surface area contributed by atoms with E-state index >= 15 is 0 Å². The van der Waals surface area contributed by atoms with Gasteiger partial charge >= 0.3 is 0 Å². The van der Waals surface area contributed by atoms with E-state index in [2.05, 4.69) is 33.9 Å². The lowest BCUT2D eigenvalue weighted by Crippen LogP contribution is -2.46. The highest BCUT2D eigenvalue weighted by molar-refractivity contribution is 5.78. The monoisotopic (exact) mass is 387 g/mol. The summed E-state index contributed by atoms with van der Waals surface area (Å²) in [5.41, 5.74) is 0. The number of hydrogen-bond donors (Lipinski definition) is 1. The zero-order valence-corrected chi connectivity index (χ0v) is 17.1. The van der Waals surface area contributed by atoms with E-state index in [1.54, 1.807) is 0 Å². The number of amides is 1. The lowest BCUT2D eigenvalue weighted by atomic mass is 9.94. The Bertz CT molecular complexity index is 675. The van der Waals surface area contributed by atoms with Crippen LogP contribution in [0.5, 0.6) is 0 Å². The molecular weight excluding hydrogens is 354 g/mol. The van der Waals surface area contributed by atoms with Crippen LogP contribution in [0.4, 0.5) is 11.8 Å². The van der Waals surface area contributed by atoms with Crippen LogP contribution in [-0.2, 0) is 9.53 Å². The molecule has 2 atom stereocenters. The summed E-state index contributed by atoms with van der Waals surface area (Å²) < 4.78 is 5.99. The molecule has 28 heavy (non-hydrogen) atoms. The molecule has 0 aromatic carbocycles. The van der Waals surface area contributed by atoms with Gasteiger partial charge in [-0.2, -0.15) is 4.98 Å². The maximum Gasteiger partial charge on any atom is 0.227 e. The molecule has 7 heteroatoms. The normalized spacial score (nSPS) is 26.9. The van der Waals surface area contributed by atoms with E-state index < -0.39 is 0 Å². The fraction of sp³-hybridized carbons (Fsp3) is 0.762. The number of anilines is 2. The Morgan fingerprint density at radius 2 is 2.00 bits per heavy atom. The number of aromatic nitrogens is 2. The van der Waals surface area contributed by atoms with Crippen LogP contribution in [0.1, 0.15) is 52.4 Å². The van der Waals surface area contributed by atoms with E-state index in [4.69, 9.17) is 9.72 Å². The molecule has 3 aliphatic heterocycles. The highest BCUT2D eigenvalue weighted by Gasteiger charge is 2.32. The SMILES string of the molecule is CC(C)[C@@H]1OCCC[C@H]1Nc1ccnc(N2CCC(N3CCCC3=O)CC2)n1. The number of rotatable bonds is 5. The molecule has 4 heterocycles. The third-order valence-corrected chi connectivity index (χ3v) is 6.30. The average Bonchev–Trinajstić information content (AvgIpc) is 3.14. The molecule has 1 aromatic rings. The molecule has 7 nitrogen and oxygen atoms in total. The van der Waals surface area contributed by atoms with Gasteiger partial charge in [-0.15, -0.1) is 0 Å². The molecule has 3 saturated heterocycles. The predicted octanol–water partition coefficient (Wildman–Crippen LogP) is 2.68. The van der Waals surface area contributed by atoms with Crippen molar-refractivity contribution in [3.8, 4) is 0 Å². The summed E-state index contributed by atoms with van der Waals surface area (Å²) in [4.78, 5) is 25.6. The number of likely N-dealkylation sites (tertiary alicyclic amines) is 1. The van der Waals surface area contributed by atoms with Crippen molar-refractivity contribution in [1.29, 1.82) is 0 Å². The van der Waals surface area contributed by atoms with Crippen molar-refractivity contribution in [3.63, 3.8) is 0 Å². The molecule has 0 radical (unpaired) electrons. The number of piperidine rings is 1. The van der Waals surface area contributed by atoms with Gasteiger partial charge in [0, 0.05) is 44.9 Å². The van der Waals surface area contributed by atoms with Crippen LogP contribution in [0.3, 0.4) is 0 Å². The maximum atomic E-state index is 12.0. The maximum absolute atomic E-state index is 12.0. The van der Waals surface area contributed by atoms with E-state index in [9.17, 15) is 4.79 Å². The van der Waals surface area contributed by atoms with Crippen molar-refractivity contribution in [2.45, 2.75) is 70.6 Å².